The highest BCUT2D eigenvalue weighted by atomic mass is 16.2. The van der Waals surface area contributed by atoms with E-state index < -0.39 is 0 Å². The number of piperidine rings is 2. The van der Waals surface area contributed by atoms with Gasteiger partial charge >= 0.3 is 0 Å². The molecule has 2 aromatic heterocycles. The van der Waals surface area contributed by atoms with Gasteiger partial charge in [-0.15, -0.1) is 0 Å². The van der Waals surface area contributed by atoms with Gasteiger partial charge in [-0.2, -0.15) is 0 Å². The molecule has 0 aliphatic carbocycles. The van der Waals surface area contributed by atoms with Crippen LogP contribution in [0.2, 0.25) is 0 Å². The van der Waals surface area contributed by atoms with Crippen molar-refractivity contribution in [3.8, 4) is 0 Å². The number of aldehydes is 1. The zero-order chi connectivity index (χ0) is 36.5. The predicted molar refractivity (Wildman–Crippen MR) is 210 cm³/mol. The number of aromatic nitrogens is 2. The number of allylic oxidation sites excluding steroid dienone is 2. The van der Waals surface area contributed by atoms with Gasteiger partial charge in [0, 0.05) is 93.7 Å². The van der Waals surface area contributed by atoms with Crippen LogP contribution in [0.25, 0.3) is 11.0 Å². The number of rotatable bonds is 15. The van der Waals surface area contributed by atoms with Gasteiger partial charge in [-0.25, -0.2) is 4.98 Å². The standard InChI is InChI=1S/C42H61N7O2/c1-8-22-49(31(3)9-2)30-33-15-24-48(25-16-33)42(51)36-12-10-34(11-13-36)35-17-26-47(27-18-35)32(4)40-29-38-39(14-21-44-41(38)46(40)7)45(6)23-19-37(43-5)20-28-50/h10-14,19-21,23,28-29,31-33,35,43H,8-9,15-18,22,24-27,30H2,1-7H3/b23-19-,37-20+. The molecule has 51 heavy (non-hydrogen) atoms. The number of likely N-dealkylation sites (tertiary alicyclic amines) is 2. The van der Waals surface area contributed by atoms with Gasteiger partial charge < -0.3 is 24.6 Å². The lowest BCUT2D eigenvalue weighted by Crippen LogP contribution is -2.43. The molecular weight excluding hydrogens is 635 g/mol. The van der Waals surface area contributed by atoms with Gasteiger partial charge in [0.25, 0.3) is 5.91 Å². The van der Waals surface area contributed by atoms with Crippen LogP contribution in [-0.2, 0) is 11.8 Å². The quantitative estimate of drug-likeness (QED) is 0.103. The summed E-state index contributed by atoms with van der Waals surface area (Å²) in [7, 11) is 5.93. The third-order valence-corrected chi connectivity index (χ3v) is 11.6. The zero-order valence-corrected chi connectivity index (χ0v) is 32.1. The van der Waals surface area contributed by atoms with Gasteiger partial charge in [-0.1, -0.05) is 26.0 Å². The predicted octanol–water partition coefficient (Wildman–Crippen LogP) is 7.13. The van der Waals surface area contributed by atoms with Crippen LogP contribution in [-0.4, -0.2) is 95.8 Å². The molecule has 9 heteroatoms. The first-order valence-corrected chi connectivity index (χ1v) is 19.2. The Morgan fingerprint density at radius 1 is 1.04 bits per heavy atom. The number of carbonyl (C=O) groups excluding carboxylic acids is 2. The number of anilines is 1. The van der Waals surface area contributed by atoms with E-state index in [1.54, 1.807) is 7.05 Å². The molecule has 0 radical (unpaired) electrons. The van der Waals surface area contributed by atoms with Crippen molar-refractivity contribution < 1.29 is 9.59 Å². The van der Waals surface area contributed by atoms with Crippen molar-refractivity contribution in [3.63, 3.8) is 0 Å². The number of carbonyl (C=O) groups is 2. The molecule has 2 saturated heterocycles. The van der Waals surface area contributed by atoms with Crippen molar-refractivity contribution in [2.45, 2.75) is 84.2 Å². The highest BCUT2D eigenvalue weighted by molar-refractivity contribution is 5.94. The number of nitrogens with one attached hydrogen (secondary N) is 1. The van der Waals surface area contributed by atoms with Crippen molar-refractivity contribution in [3.05, 3.63) is 83.5 Å². The molecule has 1 amide bonds. The highest BCUT2D eigenvalue weighted by Crippen LogP contribution is 2.36. The van der Waals surface area contributed by atoms with Gasteiger partial charge in [-0.3, -0.25) is 14.5 Å². The Morgan fingerprint density at radius 2 is 1.75 bits per heavy atom. The summed E-state index contributed by atoms with van der Waals surface area (Å²) in [5.41, 5.74) is 6.18. The first-order chi connectivity index (χ1) is 24.7. The molecule has 0 saturated carbocycles. The summed E-state index contributed by atoms with van der Waals surface area (Å²) in [5.74, 6) is 1.37. The largest absolute Gasteiger partial charge is 0.388 e. The summed E-state index contributed by atoms with van der Waals surface area (Å²) in [6.45, 7) is 15.3. The van der Waals surface area contributed by atoms with E-state index >= 15 is 0 Å². The number of fused-ring (bicyclic) bond motifs is 1. The SMILES string of the molecule is CCCN(CC1CCN(C(=O)c2ccc(C3CCN(C(C)c4cc5c(N(C)/C=C\C(=C/C=O)NC)ccnc5n4C)CC3)cc2)CC1)C(C)CC. The molecule has 2 fully saturated rings. The van der Waals surface area contributed by atoms with Crippen LogP contribution < -0.4 is 10.2 Å². The first kappa shape index (κ1) is 38.3. The van der Waals surface area contributed by atoms with Crippen molar-refractivity contribution >= 4 is 28.9 Å². The van der Waals surface area contributed by atoms with Crippen molar-refractivity contribution in [2.75, 3.05) is 58.3 Å². The minimum Gasteiger partial charge on any atom is -0.388 e. The lowest BCUT2D eigenvalue weighted by atomic mass is 9.88. The van der Waals surface area contributed by atoms with Crippen LogP contribution >= 0.6 is 0 Å². The number of hydrogen-bond donors (Lipinski definition) is 1. The van der Waals surface area contributed by atoms with Crippen LogP contribution in [0.4, 0.5) is 5.69 Å². The molecule has 2 aliphatic heterocycles. The van der Waals surface area contributed by atoms with E-state index in [2.05, 4.69) is 94.6 Å². The molecule has 9 nitrogen and oxygen atoms in total. The third kappa shape index (κ3) is 9.11. The molecule has 2 atom stereocenters. The number of nitrogens with zero attached hydrogens (tertiary/aromatic N) is 6. The third-order valence-electron chi connectivity index (χ3n) is 11.6. The van der Waals surface area contributed by atoms with Crippen LogP contribution in [0, 0.1) is 5.92 Å². The fourth-order valence-corrected chi connectivity index (χ4v) is 8.08. The monoisotopic (exact) mass is 695 g/mol. The Hall–Kier alpha value is -3.95. The second-order valence-electron chi connectivity index (χ2n) is 14.7. The Morgan fingerprint density at radius 3 is 2.37 bits per heavy atom. The molecule has 4 heterocycles. The number of benzene rings is 1. The highest BCUT2D eigenvalue weighted by Gasteiger charge is 2.29. The average molecular weight is 696 g/mol. The number of pyridine rings is 1. The minimum absolute atomic E-state index is 0.184. The second-order valence-corrected chi connectivity index (χ2v) is 14.7. The van der Waals surface area contributed by atoms with E-state index in [0.29, 0.717) is 17.9 Å². The number of hydrogen-bond acceptors (Lipinski definition) is 7. The van der Waals surface area contributed by atoms with E-state index in [0.717, 1.165) is 92.7 Å². The van der Waals surface area contributed by atoms with Crippen LogP contribution in [0.3, 0.4) is 0 Å². The molecule has 5 rings (SSSR count). The van der Waals surface area contributed by atoms with Gasteiger partial charge in [0.05, 0.1) is 5.69 Å². The van der Waals surface area contributed by atoms with Crippen molar-refractivity contribution in [1.82, 2.24) is 29.6 Å². The van der Waals surface area contributed by atoms with Gasteiger partial charge in [0.2, 0.25) is 0 Å². The van der Waals surface area contributed by atoms with E-state index in [1.165, 1.54) is 36.7 Å². The first-order valence-electron chi connectivity index (χ1n) is 19.2. The Balaban J connectivity index is 1.16. The van der Waals surface area contributed by atoms with Crippen LogP contribution in [0.5, 0.6) is 0 Å². The van der Waals surface area contributed by atoms with Crippen molar-refractivity contribution in [1.29, 1.82) is 0 Å². The maximum atomic E-state index is 13.5. The van der Waals surface area contributed by atoms with Gasteiger partial charge in [0.15, 0.2) is 0 Å². The molecule has 3 aromatic rings. The molecule has 0 bridgehead atoms. The Bertz CT molecular complexity index is 1650. The van der Waals surface area contributed by atoms with E-state index in [9.17, 15) is 9.59 Å². The van der Waals surface area contributed by atoms with Crippen LogP contribution in [0.15, 0.2) is 66.6 Å². The molecule has 1 N–H and O–H groups in total. The van der Waals surface area contributed by atoms with Crippen LogP contribution in [0.1, 0.15) is 99.8 Å². The zero-order valence-electron chi connectivity index (χ0n) is 32.1. The number of likely N-dealkylation sites (N-methyl/N-ethyl adjacent to an activating group) is 1. The molecule has 0 spiro atoms. The lowest BCUT2D eigenvalue weighted by molar-refractivity contribution is -0.104. The summed E-state index contributed by atoms with van der Waals surface area (Å²) >= 11 is 0. The topological polar surface area (TPSA) is 77.0 Å². The maximum absolute atomic E-state index is 13.5. The summed E-state index contributed by atoms with van der Waals surface area (Å²) in [6.07, 6.45) is 14.8. The number of aryl methyl sites for hydroxylation is 1. The summed E-state index contributed by atoms with van der Waals surface area (Å²) in [4.78, 5) is 38.5. The fraction of sp³-hybridized carbons (Fsp3) is 0.548. The van der Waals surface area contributed by atoms with E-state index in [1.807, 2.05) is 31.6 Å². The molecular formula is C42H61N7O2. The van der Waals surface area contributed by atoms with Crippen molar-refractivity contribution in [2.24, 2.45) is 13.0 Å². The van der Waals surface area contributed by atoms with E-state index in [-0.39, 0.29) is 11.9 Å². The molecule has 276 valence electrons. The fourth-order valence-electron chi connectivity index (χ4n) is 8.08. The van der Waals surface area contributed by atoms with Gasteiger partial charge in [0.1, 0.15) is 11.9 Å². The Labute approximate surface area is 306 Å². The second kappa shape index (κ2) is 18.0. The summed E-state index contributed by atoms with van der Waals surface area (Å²) in [5, 5.41) is 4.14. The lowest BCUT2D eigenvalue weighted by Gasteiger charge is -2.37. The maximum Gasteiger partial charge on any atom is 0.253 e. The van der Waals surface area contributed by atoms with Gasteiger partial charge in [-0.05, 0) is 120 Å². The molecule has 1 aromatic carbocycles. The molecule has 2 aliphatic rings. The average Bonchev–Trinajstić information content (AvgIpc) is 3.51. The minimum atomic E-state index is 0.184. The Kier molecular flexibility index (Phi) is 13.5. The number of amides is 1. The summed E-state index contributed by atoms with van der Waals surface area (Å²) < 4.78 is 2.23. The molecule has 2 unspecified atom stereocenters. The smallest absolute Gasteiger partial charge is 0.253 e. The summed E-state index contributed by atoms with van der Waals surface area (Å²) in [6, 6.07) is 13.7. The van der Waals surface area contributed by atoms with E-state index in [4.69, 9.17) is 4.98 Å². The normalized spacial score (nSPS) is 18.1.